The Morgan fingerprint density at radius 1 is 0.933 bits per heavy atom. The number of aryl methyl sites for hydroxylation is 1. The molecule has 1 aromatic carbocycles. The van der Waals surface area contributed by atoms with E-state index in [0.29, 0.717) is 106 Å². The highest BCUT2D eigenvalue weighted by Crippen LogP contribution is 2.32. The number of oxazole rings is 1. The van der Waals surface area contributed by atoms with Crippen LogP contribution in [0.25, 0.3) is 33.4 Å². The number of rotatable bonds is 21. The lowest BCUT2D eigenvalue weighted by atomic mass is 10.1. The van der Waals surface area contributed by atoms with Crippen molar-refractivity contribution in [1.82, 2.24) is 35.4 Å². The molecule has 2 amide bonds. The maximum atomic E-state index is 12.2. The van der Waals surface area contributed by atoms with Gasteiger partial charge >= 0.3 is 0 Å². The zero-order valence-electron chi connectivity index (χ0n) is 25.2. The van der Waals surface area contributed by atoms with E-state index in [-0.39, 0.29) is 30.7 Å². The van der Waals surface area contributed by atoms with Crippen LogP contribution in [0.4, 0.5) is 11.8 Å². The molecule has 45 heavy (non-hydrogen) atoms. The number of carbonyl (C=O) groups is 2. The number of nitrogens with zero attached hydrogens (tertiary/aromatic N) is 6. The molecule has 0 aliphatic heterocycles. The van der Waals surface area contributed by atoms with Crippen LogP contribution in [0, 0.1) is 0 Å². The lowest BCUT2D eigenvalue weighted by molar-refractivity contribution is -0.126. The van der Waals surface area contributed by atoms with E-state index in [4.69, 9.17) is 35.2 Å². The smallest absolute Gasteiger partial charge is 0.292 e. The standard InChI is InChI=1S/C29H40N10O6/c1-32-9-12-42-14-16-44-17-15-43-13-10-34-24(41)7-6-23(40)33-8-2-3-11-39-28-25(27(30)35-19-36-28)26(38-39)20-4-5-22-21(18-20)37-29(31)45-22/h4-5,18-19H,1-3,6-17H2,(H2,31,37)(H,33,40)(H,34,41)(H2,30,35,36). The SMILES string of the molecule is C=NCCOCCOCCOCCNC(=O)CCC(=O)NCCCCn1nc(-c2ccc3oc(N)nc3c2)c2c(N)ncnc21. The van der Waals surface area contributed by atoms with Crippen molar-refractivity contribution in [2.24, 2.45) is 4.99 Å². The van der Waals surface area contributed by atoms with Crippen LogP contribution in [-0.4, -0.2) is 103 Å². The minimum absolute atomic E-state index is 0.0889. The van der Waals surface area contributed by atoms with E-state index in [1.807, 2.05) is 12.1 Å². The van der Waals surface area contributed by atoms with Crippen LogP contribution in [0.1, 0.15) is 25.7 Å². The molecule has 3 heterocycles. The number of anilines is 2. The normalized spacial score (nSPS) is 11.3. The van der Waals surface area contributed by atoms with Gasteiger partial charge in [-0.3, -0.25) is 14.6 Å². The molecule has 16 nitrogen and oxygen atoms in total. The Kier molecular flexibility index (Phi) is 13.0. The number of unbranched alkanes of at least 4 members (excludes halogenated alkanes) is 1. The highest BCUT2D eigenvalue weighted by atomic mass is 16.5. The van der Waals surface area contributed by atoms with Crippen molar-refractivity contribution in [2.75, 3.05) is 70.7 Å². The maximum Gasteiger partial charge on any atom is 0.292 e. The van der Waals surface area contributed by atoms with Crippen LogP contribution in [0.5, 0.6) is 0 Å². The molecular weight excluding hydrogens is 584 g/mol. The first-order valence-corrected chi connectivity index (χ1v) is 14.8. The van der Waals surface area contributed by atoms with Crippen LogP contribution in [0.15, 0.2) is 33.9 Å². The number of aromatic nitrogens is 5. The molecule has 0 unspecified atom stereocenters. The van der Waals surface area contributed by atoms with Gasteiger partial charge in [-0.25, -0.2) is 14.6 Å². The van der Waals surface area contributed by atoms with Gasteiger partial charge in [-0.1, -0.05) is 0 Å². The number of nitrogens with one attached hydrogen (secondary N) is 2. The summed E-state index contributed by atoms with van der Waals surface area (Å²) in [7, 11) is 0. The van der Waals surface area contributed by atoms with E-state index in [9.17, 15) is 9.59 Å². The van der Waals surface area contributed by atoms with Gasteiger partial charge < -0.3 is 40.7 Å². The maximum absolute atomic E-state index is 12.2. The zero-order valence-corrected chi connectivity index (χ0v) is 25.2. The van der Waals surface area contributed by atoms with Gasteiger partial charge in [0.2, 0.25) is 11.8 Å². The molecule has 0 aliphatic carbocycles. The predicted octanol–water partition coefficient (Wildman–Crippen LogP) is 1.34. The van der Waals surface area contributed by atoms with E-state index in [1.165, 1.54) is 6.33 Å². The highest BCUT2D eigenvalue weighted by molar-refractivity contribution is 5.99. The summed E-state index contributed by atoms with van der Waals surface area (Å²) in [5, 5.41) is 11.0. The molecule has 0 aliphatic rings. The van der Waals surface area contributed by atoms with Crippen LogP contribution < -0.4 is 22.1 Å². The van der Waals surface area contributed by atoms with E-state index >= 15 is 0 Å². The fraction of sp³-hybridized carbons (Fsp3) is 0.483. The van der Waals surface area contributed by atoms with E-state index in [0.717, 1.165) is 12.0 Å². The molecule has 4 rings (SSSR count). The molecule has 0 radical (unpaired) electrons. The summed E-state index contributed by atoms with van der Waals surface area (Å²) in [5.41, 5.74) is 15.1. The Morgan fingerprint density at radius 2 is 1.64 bits per heavy atom. The van der Waals surface area contributed by atoms with Crippen LogP contribution in [-0.2, 0) is 30.3 Å². The van der Waals surface area contributed by atoms with Gasteiger partial charge in [0.25, 0.3) is 6.01 Å². The lowest BCUT2D eigenvalue weighted by Crippen LogP contribution is -2.30. The van der Waals surface area contributed by atoms with Gasteiger partial charge in [0, 0.05) is 38.0 Å². The molecule has 0 fully saturated rings. The summed E-state index contributed by atoms with van der Waals surface area (Å²) in [6, 6.07) is 5.56. The third-order valence-corrected chi connectivity index (χ3v) is 6.64. The Morgan fingerprint density at radius 3 is 2.40 bits per heavy atom. The molecule has 4 aromatic rings. The molecule has 0 saturated carbocycles. The number of fused-ring (bicyclic) bond motifs is 2. The Labute approximate surface area is 259 Å². The fourth-order valence-electron chi connectivity index (χ4n) is 4.43. The molecule has 16 heteroatoms. The lowest BCUT2D eigenvalue weighted by Gasteiger charge is -2.08. The first-order chi connectivity index (χ1) is 22.0. The number of carbonyl (C=O) groups excluding carboxylic acids is 2. The first-order valence-electron chi connectivity index (χ1n) is 14.8. The van der Waals surface area contributed by atoms with Crippen molar-refractivity contribution in [2.45, 2.75) is 32.2 Å². The van der Waals surface area contributed by atoms with Crippen molar-refractivity contribution in [3.8, 4) is 11.3 Å². The zero-order chi connectivity index (χ0) is 31.9. The second-order valence-corrected chi connectivity index (χ2v) is 9.96. The summed E-state index contributed by atoms with van der Waals surface area (Å²) in [6.45, 7) is 8.08. The largest absolute Gasteiger partial charge is 0.424 e. The van der Waals surface area contributed by atoms with Gasteiger partial charge in [0.1, 0.15) is 23.4 Å². The van der Waals surface area contributed by atoms with Crippen LogP contribution in [0.2, 0.25) is 0 Å². The monoisotopic (exact) mass is 624 g/mol. The van der Waals surface area contributed by atoms with E-state index in [1.54, 1.807) is 10.7 Å². The van der Waals surface area contributed by atoms with E-state index < -0.39 is 0 Å². The third kappa shape index (κ3) is 10.2. The number of nitrogen functional groups attached to an aromatic ring is 2. The average molecular weight is 625 g/mol. The van der Waals surface area contributed by atoms with Crippen molar-refractivity contribution < 1.29 is 28.2 Å². The number of amides is 2. The minimum atomic E-state index is -0.204. The van der Waals surface area contributed by atoms with Gasteiger partial charge in [-0.2, -0.15) is 10.1 Å². The number of nitrogens with two attached hydrogens (primary N) is 2. The minimum Gasteiger partial charge on any atom is -0.424 e. The second-order valence-electron chi connectivity index (χ2n) is 9.96. The number of benzene rings is 1. The molecular formula is C29H40N10O6. The van der Waals surface area contributed by atoms with Crippen molar-refractivity contribution in [3.63, 3.8) is 0 Å². The topological polar surface area (TPSA) is 220 Å². The highest BCUT2D eigenvalue weighted by Gasteiger charge is 2.18. The molecule has 3 aromatic heterocycles. The molecule has 0 bridgehead atoms. The Hall–Kier alpha value is -4.67. The molecule has 0 atom stereocenters. The first kappa shape index (κ1) is 33.2. The number of ether oxygens (including phenoxy) is 3. The fourth-order valence-corrected chi connectivity index (χ4v) is 4.43. The predicted molar refractivity (Wildman–Crippen MR) is 169 cm³/mol. The summed E-state index contributed by atoms with van der Waals surface area (Å²) in [5.74, 6) is -0.0604. The Bertz CT molecular complexity index is 1560. The van der Waals surface area contributed by atoms with Gasteiger partial charge in [-0.05, 0) is 37.8 Å². The molecule has 0 spiro atoms. The summed E-state index contributed by atoms with van der Waals surface area (Å²) in [4.78, 5) is 40.7. The summed E-state index contributed by atoms with van der Waals surface area (Å²) in [6.07, 6.45) is 3.05. The number of hydrogen-bond acceptors (Lipinski definition) is 13. The quantitative estimate of drug-likeness (QED) is 0.0762. The van der Waals surface area contributed by atoms with Crippen LogP contribution in [0.3, 0.4) is 0 Å². The molecule has 6 N–H and O–H groups in total. The van der Waals surface area contributed by atoms with Crippen LogP contribution >= 0.6 is 0 Å². The summed E-state index contributed by atoms with van der Waals surface area (Å²) < 4.78 is 23.2. The van der Waals surface area contributed by atoms with Crippen molar-refractivity contribution in [1.29, 1.82) is 0 Å². The van der Waals surface area contributed by atoms with Gasteiger partial charge in [0.15, 0.2) is 11.2 Å². The summed E-state index contributed by atoms with van der Waals surface area (Å²) >= 11 is 0. The van der Waals surface area contributed by atoms with Gasteiger partial charge in [-0.15, -0.1) is 0 Å². The Balaban J connectivity index is 1.09. The molecule has 242 valence electrons. The van der Waals surface area contributed by atoms with Crippen molar-refractivity contribution >= 4 is 52.5 Å². The van der Waals surface area contributed by atoms with Crippen molar-refractivity contribution in [3.05, 3.63) is 24.5 Å². The number of hydrogen-bond donors (Lipinski definition) is 4. The van der Waals surface area contributed by atoms with Gasteiger partial charge in [0.05, 0.1) is 51.6 Å². The third-order valence-electron chi connectivity index (χ3n) is 6.64. The van der Waals surface area contributed by atoms with E-state index in [2.05, 4.69) is 37.3 Å². The average Bonchev–Trinajstić information content (AvgIpc) is 3.60. The molecule has 0 saturated heterocycles. The number of aliphatic imine (C=N–C) groups is 1. The second kappa shape index (κ2) is 17.6.